The van der Waals surface area contributed by atoms with Gasteiger partial charge in [-0.3, -0.25) is 24.0 Å². The van der Waals surface area contributed by atoms with E-state index in [-0.39, 0.29) is 17.4 Å². The molecule has 8 heteroatoms. The van der Waals surface area contributed by atoms with E-state index < -0.39 is 0 Å². The Morgan fingerprint density at radius 2 is 1.88 bits per heavy atom. The highest BCUT2D eigenvalue weighted by atomic mass is 16.5. The van der Waals surface area contributed by atoms with Gasteiger partial charge in [-0.25, -0.2) is 4.98 Å². The molecule has 176 valence electrons. The van der Waals surface area contributed by atoms with Gasteiger partial charge < -0.3 is 9.64 Å². The molecule has 5 rings (SSSR count). The number of hydrogen-bond donors (Lipinski definition) is 0. The summed E-state index contributed by atoms with van der Waals surface area (Å²) in [6, 6.07) is 1.75. The highest BCUT2D eigenvalue weighted by Gasteiger charge is 2.30. The largest absolute Gasteiger partial charge is 0.377 e. The second kappa shape index (κ2) is 10.0. The van der Waals surface area contributed by atoms with E-state index in [4.69, 9.17) is 9.72 Å². The molecule has 0 bridgehead atoms. The standard InChI is InChI=1S/C24H37N5O3/c30-23-15-21(25-22-6-2-1-3-8-29(22)23)19-7-9-27(16-19)18-24(31)28-12-10-26(11-13-28)17-20-5-4-14-32-20/h15,19-20H,1-14,16-18H2/t19-,20-/m0/s1. The highest BCUT2D eigenvalue weighted by molar-refractivity contribution is 5.78. The monoisotopic (exact) mass is 443 g/mol. The van der Waals surface area contributed by atoms with E-state index in [1.807, 2.05) is 9.47 Å². The second-order valence-corrected chi connectivity index (χ2v) is 9.93. The lowest BCUT2D eigenvalue weighted by atomic mass is 10.0. The molecule has 0 aliphatic carbocycles. The first-order valence-corrected chi connectivity index (χ1v) is 12.6. The molecule has 0 aromatic carbocycles. The first kappa shape index (κ1) is 22.0. The summed E-state index contributed by atoms with van der Waals surface area (Å²) in [5.41, 5.74) is 1.03. The molecule has 4 aliphatic heterocycles. The lowest BCUT2D eigenvalue weighted by Crippen LogP contribution is -2.52. The minimum Gasteiger partial charge on any atom is -0.377 e. The SMILES string of the molecule is O=C(CN1CC[C@H](c2cc(=O)n3c(n2)CCCCC3)C1)N1CCN(C[C@@H]2CCCO2)CC1. The quantitative estimate of drug-likeness (QED) is 0.678. The molecule has 32 heavy (non-hydrogen) atoms. The van der Waals surface area contributed by atoms with Crippen LogP contribution in [0.5, 0.6) is 0 Å². The Labute approximate surface area is 190 Å². The Hall–Kier alpha value is -1.77. The van der Waals surface area contributed by atoms with Crippen LogP contribution in [0.2, 0.25) is 0 Å². The van der Waals surface area contributed by atoms with Crippen LogP contribution in [0.1, 0.15) is 56.0 Å². The molecule has 0 N–H and O–H groups in total. The van der Waals surface area contributed by atoms with Crippen molar-refractivity contribution in [3.8, 4) is 0 Å². The fourth-order valence-corrected chi connectivity index (χ4v) is 5.71. The Bertz CT molecular complexity index is 858. The van der Waals surface area contributed by atoms with Gasteiger partial charge in [-0.1, -0.05) is 6.42 Å². The molecule has 0 radical (unpaired) electrons. The Morgan fingerprint density at radius 1 is 1.00 bits per heavy atom. The normalized spacial score (nSPS) is 27.4. The number of aromatic nitrogens is 2. The Kier molecular flexibility index (Phi) is 6.90. The van der Waals surface area contributed by atoms with Gasteiger partial charge in [-0.05, 0) is 38.6 Å². The van der Waals surface area contributed by atoms with Crippen LogP contribution in [0.15, 0.2) is 10.9 Å². The number of amides is 1. The van der Waals surface area contributed by atoms with Gasteiger partial charge in [0.2, 0.25) is 5.91 Å². The fraction of sp³-hybridized carbons (Fsp3) is 0.792. The number of nitrogens with zero attached hydrogens (tertiary/aromatic N) is 5. The minimum absolute atomic E-state index is 0.0994. The van der Waals surface area contributed by atoms with E-state index in [0.717, 1.165) is 96.2 Å². The molecule has 2 atom stereocenters. The molecule has 3 saturated heterocycles. The van der Waals surface area contributed by atoms with Crippen molar-refractivity contribution in [3.05, 3.63) is 27.9 Å². The number of aryl methyl sites for hydroxylation is 1. The third-order valence-corrected chi connectivity index (χ3v) is 7.65. The zero-order valence-electron chi connectivity index (χ0n) is 19.2. The maximum absolute atomic E-state index is 12.9. The van der Waals surface area contributed by atoms with Gasteiger partial charge in [0.25, 0.3) is 5.56 Å². The molecule has 1 aromatic heterocycles. The van der Waals surface area contributed by atoms with Crippen molar-refractivity contribution in [1.29, 1.82) is 0 Å². The predicted octanol–water partition coefficient (Wildman–Crippen LogP) is 1.08. The number of carbonyl (C=O) groups excluding carboxylic acids is 1. The summed E-state index contributed by atoms with van der Waals surface area (Å²) in [6.07, 6.45) is 7.94. The zero-order chi connectivity index (χ0) is 21.9. The summed E-state index contributed by atoms with van der Waals surface area (Å²) in [6.45, 7) is 8.40. The van der Waals surface area contributed by atoms with Crippen molar-refractivity contribution in [1.82, 2.24) is 24.3 Å². The van der Waals surface area contributed by atoms with Gasteiger partial charge in [0.05, 0.1) is 18.3 Å². The average molecular weight is 444 g/mol. The van der Waals surface area contributed by atoms with E-state index in [1.54, 1.807) is 6.07 Å². The van der Waals surface area contributed by atoms with Crippen molar-refractivity contribution in [2.24, 2.45) is 0 Å². The number of fused-ring (bicyclic) bond motifs is 1. The van der Waals surface area contributed by atoms with Crippen LogP contribution in [-0.4, -0.2) is 95.2 Å². The Morgan fingerprint density at radius 3 is 2.69 bits per heavy atom. The van der Waals surface area contributed by atoms with Crippen molar-refractivity contribution in [2.75, 3.05) is 59.0 Å². The number of hydrogen-bond acceptors (Lipinski definition) is 6. The molecule has 1 aromatic rings. The molecule has 3 fully saturated rings. The summed E-state index contributed by atoms with van der Waals surface area (Å²) in [7, 11) is 0. The minimum atomic E-state index is 0.0994. The van der Waals surface area contributed by atoms with E-state index >= 15 is 0 Å². The lowest BCUT2D eigenvalue weighted by molar-refractivity contribution is -0.134. The van der Waals surface area contributed by atoms with E-state index in [0.29, 0.717) is 12.6 Å². The fourth-order valence-electron chi connectivity index (χ4n) is 5.71. The van der Waals surface area contributed by atoms with Crippen LogP contribution in [0.4, 0.5) is 0 Å². The summed E-state index contributed by atoms with van der Waals surface area (Å²) >= 11 is 0. The first-order valence-electron chi connectivity index (χ1n) is 12.6. The maximum Gasteiger partial charge on any atom is 0.253 e. The third-order valence-electron chi connectivity index (χ3n) is 7.65. The topological polar surface area (TPSA) is 70.9 Å². The third kappa shape index (κ3) is 5.07. The highest BCUT2D eigenvalue weighted by Crippen LogP contribution is 2.26. The van der Waals surface area contributed by atoms with Crippen LogP contribution < -0.4 is 5.56 Å². The van der Waals surface area contributed by atoms with Gasteiger partial charge >= 0.3 is 0 Å². The number of rotatable bonds is 5. The van der Waals surface area contributed by atoms with Crippen molar-refractivity contribution < 1.29 is 9.53 Å². The lowest BCUT2D eigenvalue weighted by Gasteiger charge is -2.36. The van der Waals surface area contributed by atoms with Crippen LogP contribution in [0, 0.1) is 0 Å². The van der Waals surface area contributed by atoms with Crippen molar-refractivity contribution >= 4 is 5.91 Å². The zero-order valence-corrected chi connectivity index (χ0v) is 19.2. The van der Waals surface area contributed by atoms with Crippen LogP contribution in [0.3, 0.4) is 0 Å². The smallest absolute Gasteiger partial charge is 0.253 e. The molecular formula is C24H37N5O3. The van der Waals surface area contributed by atoms with Gasteiger partial charge in [0.15, 0.2) is 0 Å². The summed E-state index contributed by atoms with van der Waals surface area (Å²) in [5.74, 6) is 1.45. The van der Waals surface area contributed by atoms with E-state index in [1.165, 1.54) is 19.3 Å². The summed E-state index contributed by atoms with van der Waals surface area (Å²) < 4.78 is 7.62. The molecule has 4 aliphatic rings. The van der Waals surface area contributed by atoms with E-state index in [9.17, 15) is 9.59 Å². The van der Waals surface area contributed by atoms with Crippen LogP contribution in [-0.2, 0) is 22.5 Å². The van der Waals surface area contributed by atoms with Crippen molar-refractivity contribution in [2.45, 2.75) is 63.5 Å². The van der Waals surface area contributed by atoms with E-state index in [2.05, 4.69) is 9.80 Å². The summed E-state index contributed by atoms with van der Waals surface area (Å²) in [4.78, 5) is 37.1. The van der Waals surface area contributed by atoms with Gasteiger partial charge in [0, 0.05) is 70.8 Å². The van der Waals surface area contributed by atoms with Crippen molar-refractivity contribution in [3.63, 3.8) is 0 Å². The van der Waals surface area contributed by atoms with Gasteiger partial charge in [0.1, 0.15) is 5.82 Å². The second-order valence-electron chi connectivity index (χ2n) is 9.93. The van der Waals surface area contributed by atoms with Crippen LogP contribution >= 0.6 is 0 Å². The molecule has 0 spiro atoms. The Balaban J connectivity index is 1.11. The van der Waals surface area contributed by atoms with Gasteiger partial charge in [-0.2, -0.15) is 0 Å². The first-order chi connectivity index (χ1) is 15.7. The number of ether oxygens (including phenoxy) is 1. The van der Waals surface area contributed by atoms with Crippen LogP contribution in [0.25, 0.3) is 0 Å². The summed E-state index contributed by atoms with van der Waals surface area (Å²) in [5, 5.41) is 0. The predicted molar refractivity (Wildman–Crippen MR) is 122 cm³/mol. The number of likely N-dealkylation sites (tertiary alicyclic amines) is 1. The number of carbonyl (C=O) groups is 1. The molecule has 8 nitrogen and oxygen atoms in total. The molecule has 5 heterocycles. The molecular weight excluding hydrogens is 406 g/mol. The maximum atomic E-state index is 12.9. The molecule has 1 amide bonds. The number of piperazine rings is 1. The molecule has 0 saturated carbocycles. The average Bonchev–Trinajstić information content (AvgIpc) is 3.42. The van der Waals surface area contributed by atoms with Gasteiger partial charge in [-0.15, -0.1) is 0 Å². The molecule has 0 unspecified atom stereocenters.